The summed E-state index contributed by atoms with van der Waals surface area (Å²) < 4.78 is 0. The second-order valence-corrected chi connectivity index (χ2v) is 10.6. The largest absolute Gasteiger partial charge is 0.362 e. The molecule has 1 aromatic carbocycles. The maximum absolute atomic E-state index is 12.4. The van der Waals surface area contributed by atoms with Crippen molar-refractivity contribution in [2.24, 2.45) is 5.41 Å². The number of benzene rings is 1. The highest BCUT2D eigenvalue weighted by Crippen LogP contribution is 2.27. The first-order valence-electron chi connectivity index (χ1n) is 12.4. The van der Waals surface area contributed by atoms with Crippen LogP contribution in [0.4, 0.5) is 17.6 Å². The zero-order valence-electron chi connectivity index (χ0n) is 21.4. The van der Waals surface area contributed by atoms with Crippen LogP contribution in [-0.4, -0.2) is 47.0 Å². The molecule has 1 fully saturated rings. The summed E-state index contributed by atoms with van der Waals surface area (Å²) >= 11 is 0. The zero-order valence-corrected chi connectivity index (χ0v) is 21.4. The number of pyridine rings is 1. The van der Waals surface area contributed by atoms with Crippen LogP contribution >= 0.6 is 0 Å². The van der Waals surface area contributed by atoms with Crippen molar-refractivity contribution in [2.75, 3.05) is 29.6 Å². The zero-order chi connectivity index (χ0) is 25.0. The lowest BCUT2D eigenvalue weighted by Crippen LogP contribution is -2.37. The minimum atomic E-state index is -0.463. The Labute approximate surface area is 208 Å². The molecule has 3 N–H and O–H groups in total. The fourth-order valence-corrected chi connectivity index (χ4v) is 4.33. The summed E-state index contributed by atoms with van der Waals surface area (Å²) in [5, 5.41) is 11.3. The van der Waals surface area contributed by atoms with Gasteiger partial charge in [-0.2, -0.15) is 4.98 Å². The smallest absolute Gasteiger partial charge is 0.230 e. The maximum Gasteiger partial charge on any atom is 0.230 e. The first-order chi connectivity index (χ1) is 16.7. The summed E-state index contributed by atoms with van der Waals surface area (Å²) in [6.07, 6.45) is 5.94. The molecule has 0 atom stereocenters. The van der Waals surface area contributed by atoms with Crippen molar-refractivity contribution in [2.45, 2.75) is 65.1 Å². The third kappa shape index (κ3) is 6.25. The molecule has 1 aliphatic rings. The fourth-order valence-electron chi connectivity index (χ4n) is 4.33. The number of aromatic nitrogens is 3. The van der Waals surface area contributed by atoms with Crippen LogP contribution < -0.4 is 20.9 Å². The SMILES string of the molecule is CN(C)c1nc(N[C@H]2CC[C@@H](NCc3cccnc3NC(=O)C(C)(C)C)CC2)nc2ccccc12. The van der Waals surface area contributed by atoms with Crippen LogP contribution in [0.3, 0.4) is 0 Å². The molecule has 8 heteroatoms. The average Bonchev–Trinajstić information content (AvgIpc) is 2.83. The van der Waals surface area contributed by atoms with E-state index in [-0.39, 0.29) is 5.91 Å². The highest BCUT2D eigenvalue weighted by Gasteiger charge is 2.24. The van der Waals surface area contributed by atoms with Crippen LogP contribution in [0.15, 0.2) is 42.6 Å². The topological polar surface area (TPSA) is 95.1 Å². The number of rotatable bonds is 7. The molecule has 0 unspecified atom stereocenters. The Kier molecular flexibility index (Phi) is 7.50. The molecule has 0 bridgehead atoms. The monoisotopic (exact) mass is 475 g/mol. The Morgan fingerprint density at radius 1 is 1.00 bits per heavy atom. The summed E-state index contributed by atoms with van der Waals surface area (Å²) in [4.78, 5) is 28.4. The van der Waals surface area contributed by atoms with Gasteiger partial charge in [0.25, 0.3) is 0 Å². The van der Waals surface area contributed by atoms with E-state index in [0.717, 1.165) is 48.0 Å². The summed E-state index contributed by atoms with van der Waals surface area (Å²) in [6, 6.07) is 12.8. The molecule has 4 rings (SSSR count). The Balaban J connectivity index is 1.32. The number of hydrogen-bond acceptors (Lipinski definition) is 7. The molecule has 35 heavy (non-hydrogen) atoms. The lowest BCUT2D eigenvalue weighted by atomic mass is 9.91. The predicted octanol–water partition coefficient (Wildman–Crippen LogP) is 4.59. The van der Waals surface area contributed by atoms with E-state index >= 15 is 0 Å². The molecule has 0 spiro atoms. The molecule has 2 heterocycles. The standard InChI is InChI=1S/C27H37N7O/c1-27(2,3)25(35)32-23-18(9-8-16-28-23)17-29-19-12-14-20(15-13-19)30-26-31-22-11-7-6-10-21(22)24(33-26)34(4)5/h6-11,16,19-20,29H,12-15,17H2,1-5H3,(H,28,32,35)(H,30,31,33)/t19-,20+. The number of carbonyl (C=O) groups excluding carboxylic acids is 1. The molecule has 3 aromatic rings. The Bertz CT molecular complexity index is 1160. The van der Waals surface area contributed by atoms with Gasteiger partial charge in [-0.25, -0.2) is 9.97 Å². The van der Waals surface area contributed by atoms with Gasteiger partial charge in [0.2, 0.25) is 11.9 Å². The summed E-state index contributed by atoms with van der Waals surface area (Å²) in [7, 11) is 4.02. The minimum Gasteiger partial charge on any atom is -0.362 e. The van der Waals surface area contributed by atoms with Gasteiger partial charge < -0.3 is 20.9 Å². The predicted molar refractivity (Wildman–Crippen MR) is 143 cm³/mol. The van der Waals surface area contributed by atoms with Crippen molar-refractivity contribution in [3.05, 3.63) is 48.2 Å². The number of anilines is 3. The molecule has 2 aromatic heterocycles. The van der Waals surface area contributed by atoms with Crippen molar-refractivity contribution in [3.63, 3.8) is 0 Å². The second-order valence-electron chi connectivity index (χ2n) is 10.6. The molecule has 186 valence electrons. The molecular weight excluding hydrogens is 438 g/mol. The van der Waals surface area contributed by atoms with Gasteiger partial charge in [-0.05, 0) is 43.9 Å². The molecule has 0 aliphatic heterocycles. The first-order valence-corrected chi connectivity index (χ1v) is 12.4. The summed E-state index contributed by atoms with van der Waals surface area (Å²) in [6.45, 7) is 6.39. The van der Waals surface area contributed by atoms with E-state index in [4.69, 9.17) is 9.97 Å². The van der Waals surface area contributed by atoms with Crippen LogP contribution in [-0.2, 0) is 11.3 Å². The van der Waals surface area contributed by atoms with Gasteiger partial charge in [0.05, 0.1) is 5.52 Å². The Morgan fingerprint density at radius 3 is 2.43 bits per heavy atom. The van der Waals surface area contributed by atoms with E-state index in [1.807, 2.05) is 70.1 Å². The molecule has 1 aliphatic carbocycles. The highest BCUT2D eigenvalue weighted by atomic mass is 16.2. The van der Waals surface area contributed by atoms with E-state index in [2.05, 4.69) is 27.0 Å². The molecular formula is C27H37N7O. The van der Waals surface area contributed by atoms with E-state index in [0.29, 0.717) is 30.4 Å². The number of nitrogens with zero attached hydrogens (tertiary/aromatic N) is 4. The molecule has 0 radical (unpaired) electrons. The minimum absolute atomic E-state index is 0.0302. The number of carbonyl (C=O) groups is 1. The van der Waals surface area contributed by atoms with Crippen molar-refractivity contribution < 1.29 is 4.79 Å². The van der Waals surface area contributed by atoms with Gasteiger partial charge >= 0.3 is 0 Å². The van der Waals surface area contributed by atoms with Crippen molar-refractivity contribution in [1.29, 1.82) is 0 Å². The molecule has 0 saturated heterocycles. The number of amides is 1. The van der Waals surface area contributed by atoms with Crippen molar-refractivity contribution in [3.8, 4) is 0 Å². The normalized spacial score (nSPS) is 18.3. The number of nitrogens with one attached hydrogen (secondary N) is 3. The number of hydrogen-bond donors (Lipinski definition) is 3. The Hall–Kier alpha value is -3.26. The number of para-hydroxylation sites is 1. The third-order valence-corrected chi connectivity index (χ3v) is 6.45. The summed E-state index contributed by atoms with van der Waals surface area (Å²) in [5.74, 6) is 2.23. The van der Waals surface area contributed by atoms with Gasteiger partial charge in [0.1, 0.15) is 11.6 Å². The van der Waals surface area contributed by atoms with E-state index in [1.54, 1.807) is 6.20 Å². The lowest BCUT2D eigenvalue weighted by molar-refractivity contribution is -0.123. The van der Waals surface area contributed by atoms with E-state index < -0.39 is 5.41 Å². The van der Waals surface area contributed by atoms with Crippen molar-refractivity contribution >= 4 is 34.4 Å². The van der Waals surface area contributed by atoms with Crippen LogP contribution in [0.5, 0.6) is 0 Å². The van der Waals surface area contributed by atoms with Gasteiger partial charge in [-0.1, -0.05) is 39.0 Å². The van der Waals surface area contributed by atoms with Gasteiger partial charge in [-0.15, -0.1) is 0 Å². The first kappa shape index (κ1) is 24.9. The van der Waals surface area contributed by atoms with Gasteiger partial charge in [0.15, 0.2) is 0 Å². The van der Waals surface area contributed by atoms with Crippen LogP contribution in [0.1, 0.15) is 52.0 Å². The third-order valence-electron chi connectivity index (χ3n) is 6.45. The molecule has 8 nitrogen and oxygen atoms in total. The molecule has 1 amide bonds. The van der Waals surface area contributed by atoms with E-state index in [1.165, 1.54) is 0 Å². The van der Waals surface area contributed by atoms with Crippen molar-refractivity contribution in [1.82, 2.24) is 20.3 Å². The van der Waals surface area contributed by atoms with Gasteiger partial charge in [0, 0.05) is 55.3 Å². The van der Waals surface area contributed by atoms with Crippen LogP contribution in [0.2, 0.25) is 0 Å². The van der Waals surface area contributed by atoms with Gasteiger partial charge in [-0.3, -0.25) is 4.79 Å². The van der Waals surface area contributed by atoms with Crippen LogP contribution in [0, 0.1) is 5.41 Å². The van der Waals surface area contributed by atoms with E-state index in [9.17, 15) is 4.79 Å². The Morgan fingerprint density at radius 2 is 1.71 bits per heavy atom. The summed E-state index contributed by atoms with van der Waals surface area (Å²) in [5.41, 5.74) is 1.50. The molecule has 1 saturated carbocycles. The number of fused-ring (bicyclic) bond motifs is 1. The fraction of sp³-hybridized carbons (Fsp3) is 0.481. The maximum atomic E-state index is 12.4. The quantitative estimate of drug-likeness (QED) is 0.460. The highest BCUT2D eigenvalue weighted by molar-refractivity contribution is 5.94. The lowest BCUT2D eigenvalue weighted by Gasteiger charge is -2.30. The van der Waals surface area contributed by atoms with Crippen LogP contribution in [0.25, 0.3) is 10.9 Å². The average molecular weight is 476 g/mol. The second kappa shape index (κ2) is 10.6.